The summed E-state index contributed by atoms with van der Waals surface area (Å²) < 4.78 is 27.7. The highest BCUT2D eigenvalue weighted by molar-refractivity contribution is 7.89. The first-order chi connectivity index (χ1) is 13.1. The molecule has 4 aromatic rings. The van der Waals surface area contributed by atoms with Gasteiger partial charge in [0, 0.05) is 44.0 Å². The molecule has 1 aliphatic rings. The van der Waals surface area contributed by atoms with Gasteiger partial charge < -0.3 is 14.9 Å². The van der Waals surface area contributed by atoms with Gasteiger partial charge in [0.15, 0.2) is 0 Å². The van der Waals surface area contributed by atoms with Crippen molar-refractivity contribution in [2.45, 2.75) is 4.90 Å². The molecule has 0 atom stereocenters. The molecular formula is C18H18N6O2S. The predicted molar refractivity (Wildman–Crippen MR) is 103 cm³/mol. The normalized spacial score (nSPS) is 16.4. The van der Waals surface area contributed by atoms with Gasteiger partial charge in [-0.2, -0.15) is 4.31 Å². The molecule has 0 amide bonds. The SMILES string of the molecule is O=S(=O)(c1c[nH]c2ncccc12)N1CCN(c2nc3ccccc3[nH]2)CC1. The zero-order valence-electron chi connectivity index (χ0n) is 14.5. The van der Waals surface area contributed by atoms with E-state index in [0.717, 1.165) is 17.0 Å². The van der Waals surface area contributed by atoms with Crippen molar-refractivity contribution in [3.8, 4) is 0 Å². The number of nitrogens with zero attached hydrogens (tertiary/aromatic N) is 4. The Hall–Kier alpha value is -2.91. The van der Waals surface area contributed by atoms with Gasteiger partial charge in [-0.15, -0.1) is 0 Å². The summed E-state index contributed by atoms with van der Waals surface area (Å²) in [6.45, 7) is 1.98. The number of H-pyrrole nitrogens is 2. The van der Waals surface area contributed by atoms with Crippen LogP contribution in [0.4, 0.5) is 5.95 Å². The molecule has 0 radical (unpaired) electrons. The quantitative estimate of drug-likeness (QED) is 0.564. The molecule has 2 N–H and O–H groups in total. The number of hydrogen-bond acceptors (Lipinski definition) is 5. The maximum atomic E-state index is 13.1. The van der Waals surface area contributed by atoms with Crippen LogP contribution in [0.1, 0.15) is 0 Å². The molecular weight excluding hydrogens is 364 g/mol. The van der Waals surface area contributed by atoms with Gasteiger partial charge in [0.05, 0.1) is 11.0 Å². The van der Waals surface area contributed by atoms with Crippen LogP contribution in [-0.2, 0) is 10.0 Å². The fourth-order valence-electron chi connectivity index (χ4n) is 3.51. The van der Waals surface area contributed by atoms with Crippen LogP contribution in [0.2, 0.25) is 0 Å². The fourth-order valence-corrected chi connectivity index (χ4v) is 5.09. The second-order valence-corrected chi connectivity index (χ2v) is 8.43. The van der Waals surface area contributed by atoms with E-state index >= 15 is 0 Å². The van der Waals surface area contributed by atoms with E-state index in [1.165, 1.54) is 10.5 Å². The summed E-state index contributed by atoms with van der Waals surface area (Å²) in [6.07, 6.45) is 3.17. The van der Waals surface area contributed by atoms with Crippen molar-refractivity contribution < 1.29 is 8.42 Å². The number of aromatic nitrogens is 4. The van der Waals surface area contributed by atoms with Gasteiger partial charge in [0.2, 0.25) is 16.0 Å². The number of sulfonamides is 1. The van der Waals surface area contributed by atoms with Crippen molar-refractivity contribution in [3.63, 3.8) is 0 Å². The number of nitrogens with one attached hydrogen (secondary N) is 2. The van der Waals surface area contributed by atoms with Gasteiger partial charge in [0.25, 0.3) is 0 Å². The van der Waals surface area contributed by atoms with E-state index in [1.807, 2.05) is 24.3 Å². The first-order valence-electron chi connectivity index (χ1n) is 8.75. The summed E-state index contributed by atoms with van der Waals surface area (Å²) in [5, 5.41) is 0.622. The van der Waals surface area contributed by atoms with Gasteiger partial charge in [-0.3, -0.25) is 0 Å². The third kappa shape index (κ3) is 2.66. The molecule has 0 unspecified atom stereocenters. The van der Waals surface area contributed by atoms with E-state index in [-0.39, 0.29) is 4.90 Å². The number of pyridine rings is 1. The number of aromatic amines is 2. The highest BCUT2D eigenvalue weighted by Gasteiger charge is 2.31. The average Bonchev–Trinajstić information content (AvgIpc) is 3.32. The molecule has 1 aliphatic heterocycles. The van der Waals surface area contributed by atoms with Crippen LogP contribution in [0.25, 0.3) is 22.1 Å². The van der Waals surface area contributed by atoms with Crippen molar-refractivity contribution >= 4 is 38.0 Å². The van der Waals surface area contributed by atoms with Crippen molar-refractivity contribution in [2.24, 2.45) is 0 Å². The van der Waals surface area contributed by atoms with Crippen LogP contribution in [0.5, 0.6) is 0 Å². The Morgan fingerprint density at radius 2 is 1.81 bits per heavy atom. The molecule has 0 spiro atoms. The Morgan fingerprint density at radius 1 is 1.00 bits per heavy atom. The molecule has 0 bridgehead atoms. The molecule has 3 aromatic heterocycles. The van der Waals surface area contributed by atoms with E-state index < -0.39 is 10.0 Å². The number of benzene rings is 1. The van der Waals surface area contributed by atoms with Crippen molar-refractivity contribution in [3.05, 3.63) is 48.8 Å². The summed E-state index contributed by atoms with van der Waals surface area (Å²) >= 11 is 0. The summed E-state index contributed by atoms with van der Waals surface area (Å²) in [6, 6.07) is 11.4. The maximum Gasteiger partial charge on any atom is 0.245 e. The van der Waals surface area contributed by atoms with Crippen LogP contribution >= 0.6 is 0 Å². The molecule has 1 fully saturated rings. The number of imidazole rings is 1. The van der Waals surface area contributed by atoms with Crippen LogP contribution in [0.15, 0.2) is 53.7 Å². The minimum atomic E-state index is -3.57. The lowest BCUT2D eigenvalue weighted by molar-refractivity contribution is 0.383. The van der Waals surface area contributed by atoms with Gasteiger partial charge in [-0.05, 0) is 24.3 Å². The van der Waals surface area contributed by atoms with Gasteiger partial charge in [-0.1, -0.05) is 12.1 Å². The van der Waals surface area contributed by atoms with Gasteiger partial charge in [-0.25, -0.2) is 18.4 Å². The van der Waals surface area contributed by atoms with Crippen molar-refractivity contribution in [2.75, 3.05) is 31.1 Å². The topological polar surface area (TPSA) is 98.0 Å². The first-order valence-corrected chi connectivity index (χ1v) is 10.2. The lowest BCUT2D eigenvalue weighted by atomic mass is 10.3. The van der Waals surface area contributed by atoms with Crippen LogP contribution in [0.3, 0.4) is 0 Å². The summed E-state index contributed by atoms with van der Waals surface area (Å²) in [4.78, 5) is 17.4. The van der Waals surface area contributed by atoms with Crippen LogP contribution < -0.4 is 4.90 Å². The Kier molecular flexibility index (Phi) is 3.66. The Bertz CT molecular complexity index is 1190. The second-order valence-electron chi connectivity index (χ2n) is 6.52. The largest absolute Gasteiger partial charge is 0.345 e. The zero-order valence-corrected chi connectivity index (χ0v) is 15.3. The molecule has 138 valence electrons. The van der Waals surface area contributed by atoms with E-state index in [4.69, 9.17) is 0 Å². The first kappa shape index (κ1) is 16.3. The Labute approximate surface area is 155 Å². The van der Waals surface area contributed by atoms with E-state index in [9.17, 15) is 8.42 Å². The smallest absolute Gasteiger partial charge is 0.245 e. The maximum absolute atomic E-state index is 13.1. The molecule has 1 saturated heterocycles. The molecule has 1 aromatic carbocycles. The number of hydrogen-bond donors (Lipinski definition) is 2. The molecule has 9 heteroatoms. The number of fused-ring (bicyclic) bond motifs is 2. The lowest BCUT2D eigenvalue weighted by Crippen LogP contribution is -2.49. The fraction of sp³-hybridized carbons (Fsp3) is 0.222. The number of rotatable bonds is 3. The summed E-state index contributed by atoms with van der Waals surface area (Å²) in [5.74, 6) is 0.782. The minimum absolute atomic E-state index is 0.280. The summed E-state index contributed by atoms with van der Waals surface area (Å²) in [7, 11) is -3.57. The monoisotopic (exact) mass is 382 g/mol. The van der Waals surface area contributed by atoms with E-state index in [1.54, 1.807) is 18.3 Å². The predicted octanol–water partition coefficient (Wildman–Crippen LogP) is 1.95. The third-order valence-electron chi connectivity index (χ3n) is 4.95. The van der Waals surface area contributed by atoms with Crippen LogP contribution in [0, 0.1) is 0 Å². The van der Waals surface area contributed by atoms with E-state index in [2.05, 4.69) is 24.8 Å². The van der Waals surface area contributed by atoms with Crippen LogP contribution in [-0.4, -0.2) is 58.8 Å². The minimum Gasteiger partial charge on any atom is -0.345 e. The Balaban J connectivity index is 1.38. The standard InChI is InChI=1S/C18H18N6O2S/c25-27(26,16-12-20-17-13(16)4-3-7-19-17)24-10-8-23(9-11-24)18-21-14-5-1-2-6-15(14)22-18/h1-7,12H,8-11H2,(H,19,20)(H,21,22). The Morgan fingerprint density at radius 3 is 2.63 bits per heavy atom. The lowest BCUT2D eigenvalue weighted by Gasteiger charge is -2.33. The van der Waals surface area contributed by atoms with Gasteiger partial charge >= 0.3 is 0 Å². The second kappa shape index (κ2) is 6.07. The molecule has 27 heavy (non-hydrogen) atoms. The third-order valence-corrected chi connectivity index (χ3v) is 6.88. The molecule has 0 saturated carbocycles. The zero-order chi connectivity index (χ0) is 18.4. The average molecular weight is 382 g/mol. The number of para-hydroxylation sites is 2. The number of anilines is 1. The molecule has 4 heterocycles. The van der Waals surface area contributed by atoms with Crippen molar-refractivity contribution in [1.29, 1.82) is 0 Å². The highest BCUT2D eigenvalue weighted by Crippen LogP contribution is 2.26. The van der Waals surface area contributed by atoms with Crippen molar-refractivity contribution in [1.82, 2.24) is 24.2 Å². The summed E-state index contributed by atoms with van der Waals surface area (Å²) in [5.41, 5.74) is 2.47. The number of piperazine rings is 1. The highest BCUT2D eigenvalue weighted by atomic mass is 32.2. The molecule has 0 aliphatic carbocycles. The van der Waals surface area contributed by atoms with E-state index in [0.29, 0.717) is 37.2 Å². The van der Waals surface area contributed by atoms with Gasteiger partial charge in [0.1, 0.15) is 10.5 Å². The molecule has 5 rings (SSSR count). The molecule has 8 nitrogen and oxygen atoms in total.